The predicted octanol–water partition coefficient (Wildman–Crippen LogP) is 5.22. The summed E-state index contributed by atoms with van der Waals surface area (Å²) in [7, 11) is -0.689. The maximum Gasteiger partial charge on any atom is 0.0766 e. The van der Waals surface area contributed by atoms with Gasteiger partial charge in [0, 0.05) is 15.4 Å². The van der Waals surface area contributed by atoms with Crippen molar-refractivity contribution in [1.29, 1.82) is 0 Å². The zero-order chi connectivity index (χ0) is 15.0. The molecule has 1 rings (SSSR count). The molecule has 0 amide bonds. The summed E-state index contributed by atoms with van der Waals surface area (Å²) in [5.74, 6) is 0. The molecule has 1 aromatic carbocycles. The van der Waals surface area contributed by atoms with Gasteiger partial charge in [-0.3, -0.25) is 0 Å². The molecule has 0 aliphatic rings. The summed E-state index contributed by atoms with van der Waals surface area (Å²) >= 11 is 2.28. The Morgan fingerprint density at radius 2 is 1.90 bits per heavy atom. The minimum Gasteiger partial charge on any atom is -0.374 e. The monoisotopic (exact) mass is 402 g/mol. The average Bonchev–Trinajstić information content (AvgIpc) is 2.43. The molecule has 20 heavy (non-hydrogen) atoms. The number of aryl methyl sites for hydroxylation is 1. The number of benzene rings is 1. The quantitative estimate of drug-likeness (QED) is 0.428. The van der Waals surface area contributed by atoms with Crippen LogP contribution < -0.4 is 0 Å². The summed E-state index contributed by atoms with van der Waals surface area (Å²) in [5, 5.41) is 0.365. The number of hydrogen-bond donors (Lipinski definition) is 0. The number of ether oxygens (including phenoxy) is 1. The molecule has 0 heterocycles. The van der Waals surface area contributed by atoms with Crippen LogP contribution in [0.15, 0.2) is 40.5 Å². The van der Waals surface area contributed by atoms with Crippen molar-refractivity contribution in [1.82, 2.24) is 0 Å². The molecule has 0 aliphatic carbocycles. The molecule has 0 fully saturated rings. The summed E-state index contributed by atoms with van der Waals surface area (Å²) in [6, 6.07) is 10.7. The summed E-state index contributed by atoms with van der Waals surface area (Å²) in [5.41, 5.74) is 1.39. The van der Waals surface area contributed by atoms with E-state index in [9.17, 15) is 0 Å². The highest BCUT2D eigenvalue weighted by Gasteiger charge is 2.24. The third-order valence-electron chi connectivity index (χ3n) is 4.08. The van der Waals surface area contributed by atoms with Crippen molar-refractivity contribution in [3.8, 4) is 0 Å². The van der Waals surface area contributed by atoms with E-state index in [1.165, 1.54) is 5.56 Å². The van der Waals surface area contributed by atoms with Gasteiger partial charge in [0.2, 0.25) is 0 Å². The second-order valence-corrected chi connectivity index (χ2v) is 10.9. The molecule has 0 saturated carbocycles. The number of hydrogen-bond acceptors (Lipinski definition) is 1. The van der Waals surface area contributed by atoms with Crippen molar-refractivity contribution in [2.24, 2.45) is 0 Å². The van der Waals surface area contributed by atoms with E-state index in [-0.39, 0.29) is 6.10 Å². The van der Waals surface area contributed by atoms with Crippen LogP contribution in [0.2, 0.25) is 18.1 Å². The molecular formula is C17H27IOSi. The molecule has 0 radical (unpaired) electrons. The largest absolute Gasteiger partial charge is 0.374 e. The van der Waals surface area contributed by atoms with E-state index in [0.717, 1.165) is 19.4 Å². The first-order valence-electron chi connectivity index (χ1n) is 7.38. The summed E-state index contributed by atoms with van der Waals surface area (Å²) in [4.78, 5) is 0. The Morgan fingerprint density at radius 3 is 2.45 bits per heavy atom. The van der Waals surface area contributed by atoms with E-state index in [1.54, 1.807) is 0 Å². The molecule has 0 spiro atoms. The lowest BCUT2D eigenvalue weighted by atomic mass is 10.1. The van der Waals surface area contributed by atoms with E-state index in [4.69, 9.17) is 4.74 Å². The first kappa shape index (κ1) is 17.9. The lowest BCUT2D eigenvalue weighted by Gasteiger charge is -2.29. The second-order valence-electron chi connectivity index (χ2n) is 6.34. The fourth-order valence-electron chi connectivity index (χ4n) is 1.76. The molecular weight excluding hydrogens is 375 g/mol. The van der Waals surface area contributed by atoms with Crippen LogP contribution in [0.4, 0.5) is 0 Å². The van der Waals surface area contributed by atoms with E-state index >= 15 is 0 Å². The van der Waals surface area contributed by atoms with Crippen LogP contribution in [0.1, 0.15) is 25.8 Å². The van der Waals surface area contributed by atoms with Crippen molar-refractivity contribution >= 4 is 31.4 Å². The lowest BCUT2D eigenvalue weighted by molar-refractivity contribution is 0.0635. The molecule has 1 nitrogen and oxygen atoms in total. The molecule has 0 saturated heterocycles. The van der Waals surface area contributed by atoms with Crippen molar-refractivity contribution in [2.75, 3.05) is 6.61 Å². The Labute approximate surface area is 139 Å². The fourth-order valence-corrected chi connectivity index (χ4v) is 2.65. The van der Waals surface area contributed by atoms with Gasteiger partial charge in [-0.2, -0.15) is 0 Å². The van der Waals surface area contributed by atoms with Gasteiger partial charge < -0.3 is 4.74 Å². The van der Waals surface area contributed by atoms with E-state index in [0.29, 0.717) is 5.04 Å². The van der Waals surface area contributed by atoms with Gasteiger partial charge in [-0.15, -0.1) is 0 Å². The second kappa shape index (κ2) is 9.00. The van der Waals surface area contributed by atoms with Crippen LogP contribution in [-0.2, 0) is 11.2 Å². The SMILES string of the molecule is C[SiH](C)C(C)(C)COC(/C=C/I)CCc1ccccc1. The van der Waals surface area contributed by atoms with E-state index in [1.807, 2.05) is 0 Å². The fraction of sp³-hybridized carbons (Fsp3) is 0.529. The van der Waals surface area contributed by atoms with Crippen LogP contribution in [-0.4, -0.2) is 21.5 Å². The van der Waals surface area contributed by atoms with Crippen LogP contribution >= 0.6 is 22.6 Å². The number of halogens is 1. The lowest BCUT2D eigenvalue weighted by Crippen LogP contribution is -2.28. The topological polar surface area (TPSA) is 9.23 Å². The Morgan fingerprint density at radius 1 is 1.25 bits per heavy atom. The molecule has 3 heteroatoms. The maximum absolute atomic E-state index is 6.17. The van der Waals surface area contributed by atoms with Gasteiger partial charge in [0.05, 0.1) is 6.10 Å². The molecule has 1 atom stereocenters. The Balaban J connectivity index is 2.49. The molecule has 0 bridgehead atoms. The molecule has 0 N–H and O–H groups in total. The van der Waals surface area contributed by atoms with Gasteiger partial charge in [0.25, 0.3) is 0 Å². The Hall–Kier alpha value is -0.133. The first-order chi connectivity index (χ1) is 9.45. The van der Waals surface area contributed by atoms with Crippen molar-refractivity contribution < 1.29 is 4.74 Å². The summed E-state index contributed by atoms with van der Waals surface area (Å²) in [6.07, 6.45) is 4.55. The highest BCUT2D eigenvalue weighted by atomic mass is 127. The summed E-state index contributed by atoms with van der Waals surface area (Å²) in [6.45, 7) is 10.3. The van der Waals surface area contributed by atoms with Crippen molar-refractivity contribution in [3.05, 3.63) is 46.1 Å². The third kappa shape index (κ3) is 6.55. The first-order valence-corrected chi connectivity index (χ1v) is 11.5. The molecule has 112 valence electrons. The van der Waals surface area contributed by atoms with Gasteiger partial charge in [0.15, 0.2) is 0 Å². The average molecular weight is 402 g/mol. The van der Waals surface area contributed by atoms with Crippen LogP contribution in [0.3, 0.4) is 0 Å². The van der Waals surface area contributed by atoms with Gasteiger partial charge in [-0.1, -0.05) is 79.9 Å². The zero-order valence-electron chi connectivity index (χ0n) is 13.1. The predicted molar refractivity (Wildman–Crippen MR) is 101 cm³/mol. The minimum atomic E-state index is -0.689. The standard InChI is InChI=1S/C17H27IOSi/c1-17(2,20(3)4)14-19-16(12-13-18)11-10-15-8-6-5-7-9-15/h5-9,12-13,16,20H,10-11,14H2,1-4H3/b13-12+. The van der Waals surface area contributed by atoms with Gasteiger partial charge in [-0.25, -0.2) is 0 Å². The number of rotatable bonds is 8. The van der Waals surface area contributed by atoms with Gasteiger partial charge >= 0.3 is 0 Å². The Bertz CT molecular complexity index is 401. The van der Waals surface area contributed by atoms with Crippen molar-refractivity contribution in [3.63, 3.8) is 0 Å². The van der Waals surface area contributed by atoms with Gasteiger partial charge in [-0.05, 0) is 33.6 Å². The van der Waals surface area contributed by atoms with Crippen LogP contribution in [0.5, 0.6) is 0 Å². The van der Waals surface area contributed by atoms with Crippen molar-refractivity contribution in [2.45, 2.75) is 50.9 Å². The van der Waals surface area contributed by atoms with Crippen LogP contribution in [0, 0.1) is 0 Å². The highest BCUT2D eigenvalue weighted by Crippen LogP contribution is 2.29. The molecule has 0 aliphatic heterocycles. The van der Waals surface area contributed by atoms with Crippen LogP contribution in [0.25, 0.3) is 0 Å². The third-order valence-corrected chi connectivity index (χ3v) is 7.79. The van der Waals surface area contributed by atoms with Gasteiger partial charge in [0.1, 0.15) is 0 Å². The van der Waals surface area contributed by atoms with E-state index in [2.05, 4.69) is 90.0 Å². The minimum absolute atomic E-state index is 0.235. The molecule has 0 aromatic heterocycles. The van der Waals surface area contributed by atoms with E-state index < -0.39 is 8.80 Å². The summed E-state index contributed by atoms with van der Waals surface area (Å²) < 4.78 is 8.25. The highest BCUT2D eigenvalue weighted by molar-refractivity contribution is 14.1. The smallest absolute Gasteiger partial charge is 0.0766 e. The zero-order valence-corrected chi connectivity index (χ0v) is 16.4. The molecule has 1 unspecified atom stereocenters. The normalized spacial score (nSPS) is 14.1. The maximum atomic E-state index is 6.17. The molecule has 1 aromatic rings. The Kier molecular flexibility index (Phi) is 8.06.